The molecule has 218 valence electrons. The number of nitrogens with zero attached hydrogens (tertiary/aromatic N) is 6. The van der Waals surface area contributed by atoms with Crippen LogP contribution in [-0.2, 0) is 16.8 Å². The van der Waals surface area contributed by atoms with Gasteiger partial charge in [-0.05, 0) is 37.7 Å². The molecule has 10 nitrogen and oxygen atoms in total. The number of hydrogen-bond acceptors (Lipinski definition) is 8. The molecule has 0 atom stereocenters. The molecule has 0 bridgehead atoms. The molecule has 1 N–H and O–H groups in total. The summed E-state index contributed by atoms with van der Waals surface area (Å²) in [5, 5.41) is 6.62. The van der Waals surface area contributed by atoms with E-state index in [9.17, 15) is 9.59 Å². The van der Waals surface area contributed by atoms with Gasteiger partial charge in [-0.1, -0.05) is 50.2 Å². The smallest absolute Gasteiger partial charge is 0.292 e. The summed E-state index contributed by atoms with van der Waals surface area (Å²) in [7, 11) is 3.90. The molecular weight excluding hydrogens is 525 g/mol. The molecular formula is C30H38FN7O3. The number of carbonyl (C=O) groups is 2. The summed E-state index contributed by atoms with van der Waals surface area (Å²) in [5.41, 5.74) is 3.29. The Kier molecular flexibility index (Phi) is 9.17. The zero-order chi connectivity index (χ0) is 29.7. The van der Waals surface area contributed by atoms with E-state index in [0.717, 1.165) is 11.1 Å². The first-order valence-corrected chi connectivity index (χ1v) is 13.6. The highest BCUT2D eigenvalue weighted by Crippen LogP contribution is 2.34. The number of nitrogens with one attached hydrogen (secondary N) is 1. The van der Waals surface area contributed by atoms with Crippen molar-refractivity contribution < 1.29 is 18.5 Å². The maximum Gasteiger partial charge on any atom is 0.292 e. The van der Waals surface area contributed by atoms with E-state index in [2.05, 4.69) is 25.3 Å². The highest BCUT2D eigenvalue weighted by atomic mass is 19.1. The predicted octanol–water partition coefficient (Wildman–Crippen LogP) is 3.57. The number of pyridine rings is 1. The first-order chi connectivity index (χ1) is 19.4. The summed E-state index contributed by atoms with van der Waals surface area (Å²) >= 11 is 0. The van der Waals surface area contributed by atoms with Gasteiger partial charge in [0.2, 0.25) is 11.8 Å². The fourth-order valence-corrected chi connectivity index (χ4v) is 4.51. The Morgan fingerprint density at radius 2 is 1.88 bits per heavy atom. The van der Waals surface area contributed by atoms with Gasteiger partial charge >= 0.3 is 0 Å². The van der Waals surface area contributed by atoms with E-state index in [1.807, 2.05) is 71.0 Å². The zero-order valence-electron chi connectivity index (χ0n) is 24.6. The van der Waals surface area contributed by atoms with Gasteiger partial charge in [0.25, 0.3) is 11.7 Å². The third-order valence-corrected chi connectivity index (χ3v) is 6.88. The van der Waals surface area contributed by atoms with Crippen LogP contribution in [0, 0.1) is 12.7 Å². The molecule has 4 rings (SSSR count). The highest BCUT2D eigenvalue weighted by molar-refractivity contribution is 5.90. The summed E-state index contributed by atoms with van der Waals surface area (Å²) < 4.78 is 20.4. The fourth-order valence-electron chi connectivity index (χ4n) is 4.51. The molecule has 3 aromatic rings. The Labute approximate surface area is 240 Å². The number of halogens is 1. The summed E-state index contributed by atoms with van der Waals surface area (Å²) in [6, 6.07) is 5.63. The molecule has 0 aliphatic carbocycles. The topological polar surface area (TPSA) is 108 Å². The molecule has 0 saturated carbocycles. The van der Waals surface area contributed by atoms with E-state index >= 15 is 4.39 Å². The number of likely N-dealkylation sites (N-methyl/N-ethyl adjacent to an activating group) is 1. The molecule has 3 heterocycles. The molecule has 1 aromatic carbocycles. The highest BCUT2D eigenvalue weighted by Gasteiger charge is 2.25. The molecule has 1 fully saturated rings. The zero-order valence-corrected chi connectivity index (χ0v) is 24.6. The van der Waals surface area contributed by atoms with Gasteiger partial charge < -0.3 is 24.5 Å². The number of carbonyl (C=O) groups excluding carboxylic acids is 2. The summed E-state index contributed by atoms with van der Waals surface area (Å²) in [6.45, 7) is 10.9. The lowest BCUT2D eigenvalue weighted by Crippen LogP contribution is -2.48. The number of hydrogen-bond donors (Lipinski definition) is 1. The number of aryl methyl sites for hydroxylation is 1. The molecule has 11 heteroatoms. The van der Waals surface area contributed by atoms with Crippen molar-refractivity contribution in [2.45, 2.75) is 39.7 Å². The van der Waals surface area contributed by atoms with E-state index in [0.29, 0.717) is 55.4 Å². The fraction of sp³-hybridized carbons (Fsp3) is 0.433. The van der Waals surface area contributed by atoms with Gasteiger partial charge in [-0.15, -0.1) is 0 Å². The van der Waals surface area contributed by atoms with Crippen LogP contribution in [0.25, 0.3) is 11.1 Å². The molecule has 1 aliphatic rings. The number of amides is 2. The van der Waals surface area contributed by atoms with E-state index < -0.39 is 11.7 Å². The van der Waals surface area contributed by atoms with Crippen LogP contribution in [0.4, 0.5) is 10.1 Å². The van der Waals surface area contributed by atoms with Gasteiger partial charge in [-0.3, -0.25) is 14.6 Å². The van der Waals surface area contributed by atoms with Crippen LogP contribution >= 0.6 is 0 Å². The second-order valence-electron chi connectivity index (χ2n) is 11.5. The number of piperazine rings is 1. The summed E-state index contributed by atoms with van der Waals surface area (Å²) in [5.74, 6) is -0.487. The van der Waals surface area contributed by atoms with Crippen LogP contribution < -0.4 is 10.2 Å². The van der Waals surface area contributed by atoms with Crippen LogP contribution in [0.5, 0.6) is 0 Å². The summed E-state index contributed by atoms with van der Waals surface area (Å²) in [6.07, 6.45) is 6.36. The maximum absolute atomic E-state index is 15.2. The van der Waals surface area contributed by atoms with Crippen LogP contribution in [0.3, 0.4) is 0 Å². The van der Waals surface area contributed by atoms with Crippen molar-refractivity contribution in [2.75, 3.05) is 51.7 Å². The minimum atomic E-state index is -0.430. The Bertz CT molecular complexity index is 1420. The molecule has 41 heavy (non-hydrogen) atoms. The molecule has 1 aliphatic heterocycles. The second-order valence-corrected chi connectivity index (χ2v) is 11.5. The van der Waals surface area contributed by atoms with Crippen molar-refractivity contribution in [3.05, 3.63) is 71.4 Å². The number of benzene rings is 1. The molecule has 2 amide bonds. The molecule has 1 saturated heterocycles. The minimum Gasteiger partial charge on any atom is -0.366 e. The predicted molar refractivity (Wildman–Crippen MR) is 155 cm³/mol. The normalized spacial score (nSPS) is 14.2. The first-order valence-electron chi connectivity index (χ1n) is 13.6. The van der Waals surface area contributed by atoms with E-state index in [4.69, 9.17) is 4.52 Å². The van der Waals surface area contributed by atoms with Crippen LogP contribution in [-0.4, -0.2) is 83.6 Å². The maximum atomic E-state index is 15.2. The lowest BCUT2D eigenvalue weighted by Gasteiger charge is -2.36. The Morgan fingerprint density at radius 3 is 2.51 bits per heavy atom. The molecule has 0 spiro atoms. The average molecular weight is 564 g/mol. The monoisotopic (exact) mass is 563 g/mol. The molecule has 0 unspecified atom stereocenters. The Hall–Kier alpha value is -4.12. The van der Waals surface area contributed by atoms with Crippen molar-refractivity contribution in [1.29, 1.82) is 0 Å². The standard InChI is InChI=1S/C30H38FN7O3/c1-20-16-21(9-10-22(20)17-33-28(40)27-34-29(41-35-27)30(2,3)4)26-23(31)18-32-19-24(26)37-12-14-38(15-13-37)25(39)8-7-11-36(5)6/h7-10,16,18-19H,11-15,17H2,1-6H3,(H,33,40). The van der Waals surface area contributed by atoms with E-state index in [1.54, 1.807) is 17.2 Å². The van der Waals surface area contributed by atoms with Gasteiger partial charge in [-0.25, -0.2) is 4.39 Å². The van der Waals surface area contributed by atoms with Crippen molar-refractivity contribution in [3.63, 3.8) is 0 Å². The Balaban J connectivity index is 1.44. The van der Waals surface area contributed by atoms with E-state index in [1.165, 1.54) is 6.20 Å². The van der Waals surface area contributed by atoms with Crippen LogP contribution in [0.2, 0.25) is 0 Å². The number of rotatable bonds is 8. The van der Waals surface area contributed by atoms with Crippen molar-refractivity contribution in [1.82, 2.24) is 30.2 Å². The number of aromatic nitrogens is 3. The van der Waals surface area contributed by atoms with Gasteiger partial charge in [0.1, 0.15) is 0 Å². The van der Waals surface area contributed by atoms with Crippen LogP contribution in [0.15, 0.2) is 47.3 Å². The van der Waals surface area contributed by atoms with Crippen molar-refractivity contribution in [3.8, 4) is 11.1 Å². The largest absolute Gasteiger partial charge is 0.366 e. The van der Waals surface area contributed by atoms with Crippen LogP contribution in [0.1, 0.15) is 48.4 Å². The quantitative estimate of drug-likeness (QED) is 0.415. The second kappa shape index (κ2) is 12.6. The molecule has 0 radical (unpaired) electrons. The van der Waals surface area contributed by atoms with Gasteiger partial charge in [0.15, 0.2) is 5.82 Å². The van der Waals surface area contributed by atoms with Crippen molar-refractivity contribution >= 4 is 17.5 Å². The lowest BCUT2D eigenvalue weighted by molar-refractivity contribution is -0.126. The molecule has 2 aromatic heterocycles. The summed E-state index contributed by atoms with van der Waals surface area (Å²) in [4.78, 5) is 39.3. The van der Waals surface area contributed by atoms with Gasteiger partial charge in [0.05, 0.1) is 18.1 Å². The third kappa shape index (κ3) is 7.35. The average Bonchev–Trinajstić information content (AvgIpc) is 3.43. The SMILES string of the molecule is Cc1cc(-c2c(F)cncc2N2CCN(C(=O)C=CCN(C)C)CC2)ccc1CNC(=O)c1noc(C(C)(C)C)n1. The number of anilines is 1. The van der Waals surface area contributed by atoms with Gasteiger partial charge in [-0.2, -0.15) is 4.98 Å². The van der Waals surface area contributed by atoms with Gasteiger partial charge in [0, 0.05) is 56.3 Å². The minimum absolute atomic E-state index is 0.0147. The first kappa shape index (κ1) is 29.9. The Morgan fingerprint density at radius 1 is 1.15 bits per heavy atom. The van der Waals surface area contributed by atoms with Crippen molar-refractivity contribution in [2.24, 2.45) is 0 Å². The third-order valence-electron chi connectivity index (χ3n) is 6.88. The lowest BCUT2D eigenvalue weighted by atomic mass is 9.97. The van der Waals surface area contributed by atoms with E-state index in [-0.39, 0.29) is 23.7 Å².